The Hall–Kier alpha value is -1.80. The predicted octanol–water partition coefficient (Wildman–Crippen LogP) is 1.24. The molecule has 1 atom stereocenters. The van der Waals surface area contributed by atoms with E-state index in [1.807, 2.05) is 6.92 Å². The summed E-state index contributed by atoms with van der Waals surface area (Å²) in [6.07, 6.45) is 2.60. The van der Waals surface area contributed by atoms with E-state index in [-0.39, 0.29) is 18.4 Å². The minimum Gasteiger partial charge on any atom is -0.493 e. The van der Waals surface area contributed by atoms with E-state index < -0.39 is 10.2 Å². The molecular weight excluding hydrogens is 306 g/mol. The Balaban J connectivity index is 2.05. The van der Waals surface area contributed by atoms with Crippen LogP contribution in [0.4, 0.5) is 5.69 Å². The minimum atomic E-state index is -3.78. The fourth-order valence-electron chi connectivity index (χ4n) is 2.32. The van der Waals surface area contributed by atoms with Gasteiger partial charge in [-0.15, -0.1) is 4.40 Å². The zero-order valence-corrected chi connectivity index (χ0v) is 13.3. The lowest BCUT2D eigenvalue weighted by Crippen LogP contribution is -2.27. The summed E-state index contributed by atoms with van der Waals surface area (Å²) in [5.41, 5.74) is 6.57. The lowest BCUT2D eigenvalue weighted by atomic mass is 10.0. The second-order valence-electron chi connectivity index (χ2n) is 5.18. The maximum absolute atomic E-state index is 11.5. The van der Waals surface area contributed by atoms with Crippen molar-refractivity contribution in [3.8, 4) is 5.75 Å². The monoisotopic (exact) mass is 327 g/mol. The van der Waals surface area contributed by atoms with Crippen LogP contribution in [0.1, 0.15) is 31.7 Å². The van der Waals surface area contributed by atoms with Crippen molar-refractivity contribution in [3.63, 3.8) is 0 Å². The highest BCUT2D eigenvalue weighted by Crippen LogP contribution is 2.30. The highest BCUT2D eigenvalue weighted by Gasteiger charge is 2.24. The van der Waals surface area contributed by atoms with E-state index in [1.165, 1.54) is 0 Å². The number of fused-ring (bicyclic) bond motifs is 1. The first-order valence-electron chi connectivity index (χ1n) is 7.22. The van der Waals surface area contributed by atoms with Crippen LogP contribution in [0.2, 0.25) is 0 Å². The topological polar surface area (TPSA) is 114 Å². The number of ether oxygens (including phenoxy) is 1. The number of amidine groups is 1. The lowest BCUT2D eigenvalue weighted by Gasteiger charge is -2.19. The molecule has 1 aliphatic rings. The van der Waals surface area contributed by atoms with Crippen LogP contribution in [0.5, 0.6) is 5.75 Å². The van der Waals surface area contributed by atoms with Crippen molar-refractivity contribution in [3.05, 3.63) is 23.8 Å². The smallest absolute Gasteiger partial charge is 0.344 e. The van der Waals surface area contributed by atoms with E-state index in [4.69, 9.17) is 15.6 Å². The van der Waals surface area contributed by atoms with Gasteiger partial charge < -0.3 is 15.6 Å². The van der Waals surface area contributed by atoms with Gasteiger partial charge in [0.05, 0.1) is 17.9 Å². The average molecular weight is 327 g/mol. The third-order valence-corrected chi connectivity index (χ3v) is 4.50. The van der Waals surface area contributed by atoms with Crippen LogP contribution in [0.15, 0.2) is 22.6 Å². The Morgan fingerprint density at radius 1 is 1.45 bits per heavy atom. The molecule has 1 aromatic rings. The molecule has 0 aromatic heterocycles. The summed E-state index contributed by atoms with van der Waals surface area (Å²) in [5, 5.41) is 9.15. The quantitative estimate of drug-likeness (QED) is 0.652. The van der Waals surface area contributed by atoms with E-state index in [9.17, 15) is 8.42 Å². The number of benzene rings is 1. The van der Waals surface area contributed by atoms with Gasteiger partial charge in [-0.3, -0.25) is 4.72 Å². The third kappa shape index (κ3) is 3.89. The molecular formula is C14H21N3O4S. The molecule has 8 heteroatoms. The fourth-order valence-corrected chi connectivity index (χ4v) is 3.16. The molecule has 0 fully saturated rings. The average Bonchev–Trinajstić information content (AvgIpc) is 2.45. The number of anilines is 1. The van der Waals surface area contributed by atoms with E-state index in [2.05, 4.69) is 9.12 Å². The maximum atomic E-state index is 11.5. The van der Waals surface area contributed by atoms with Gasteiger partial charge in [0, 0.05) is 6.61 Å². The zero-order valence-electron chi connectivity index (χ0n) is 12.4. The number of nitrogens with two attached hydrogens (primary N) is 1. The van der Waals surface area contributed by atoms with Gasteiger partial charge in [-0.2, -0.15) is 8.42 Å². The number of nitrogens with zero attached hydrogens (tertiary/aromatic N) is 1. The number of aliphatic hydroxyl groups is 1. The number of hydrogen-bond donors (Lipinski definition) is 3. The SMILES string of the molecule is CCC(CO)CCCOc1cccc2c1C(N)=NS(=O)(=O)N2. The van der Waals surface area contributed by atoms with E-state index >= 15 is 0 Å². The lowest BCUT2D eigenvalue weighted by molar-refractivity contribution is 0.202. The summed E-state index contributed by atoms with van der Waals surface area (Å²) >= 11 is 0. The van der Waals surface area contributed by atoms with Crippen molar-refractivity contribution in [2.75, 3.05) is 17.9 Å². The molecule has 0 radical (unpaired) electrons. The summed E-state index contributed by atoms with van der Waals surface area (Å²) < 4.78 is 34.5. The van der Waals surface area contributed by atoms with Gasteiger partial charge in [0.25, 0.3) is 0 Å². The summed E-state index contributed by atoms with van der Waals surface area (Å²) in [6, 6.07) is 5.03. The summed E-state index contributed by atoms with van der Waals surface area (Å²) in [4.78, 5) is 0. The standard InChI is InChI=1S/C14H21N3O4S/c1-2-10(9-18)5-4-8-21-12-7-3-6-11-13(12)14(15)17-22(19,20)16-11/h3,6-7,10,16,18H,2,4-5,8-9H2,1H3,(H2,15,17). The zero-order chi connectivity index (χ0) is 16.2. The van der Waals surface area contributed by atoms with Crippen LogP contribution < -0.4 is 15.2 Å². The van der Waals surface area contributed by atoms with Crippen LogP contribution in [-0.4, -0.2) is 32.6 Å². The molecule has 0 saturated heterocycles. The van der Waals surface area contributed by atoms with Crippen LogP contribution in [0.25, 0.3) is 0 Å². The van der Waals surface area contributed by atoms with Crippen molar-refractivity contribution in [1.29, 1.82) is 0 Å². The molecule has 2 rings (SSSR count). The molecule has 1 unspecified atom stereocenters. The van der Waals surface area contributed by atoms with Gasteiger partial charge in [-0.05, 0) is 30.9 Å². The first-order valence-corrected chi connectivity index (χ1v) is 8.66. The van der Waals surface area contributed by atoms with Crippen molar-refractivity contribution < 1.29 is 18.3 Å². The Morgan fingerprint density at radius 3 is 2.91 bits per heavy atom. The van der Waals surface area contributed by atoms with Crippen molar-refractivity contribution in [2.45, 2.75) is 26.2 Å². The third-order valence-electron chi connectivity index (χ3n) is 3.59. The van der Waals surface area contributed by atoms with E-state index in [0.717, 1.165) is 19.3 Å². The second-order valence-corrected chi connectivity index (χ2v) is 6.52. The molecule has 0 amide bonds. The molecule has 7 nitrogen and oxygen atoms in total. The number of nitrogens with one attached hydrogen (secondary N) is 1. The van der Waals surface area contributed by atoms with Crippen LogP contribution >= 0.6 is 0 Å². The molecule has 4 N–H and O–H groups in total. The van der Waals surface area contributed by atoms with Crippen LogP contribution in [0.3, 0.4) is 0 Å². The Bertz CT molecular complexity index is 654. The largest absolute Gasteiger partial charge is 0.493 e. The first kappa shape index (κ1) is 16.6. The van der Waals surface area contributed by atoms with Crippen LogP contribution in [-0.2, 0) is 10.2 Å². The van der Waals surface area contributed by atoms with E-state index in [1.54, 1.807) is 18.2 Å². The Labute approximate surface area is 130 Å². The van der Waals surface area contributed by atoms with Crippen molar-refractivity contribution in [2.24, 2.45) is 16.0 Å². The van der Waals surface area contributed by atoms with Gasteiger partial charge in [0.1, 0.15) is 5.75 Å². The molecule has 1 aromatic carbocycles. The number of aliphatic hydroxyl groups excluding tert-OH is 1. The van der Waals surface area contributed by atoms with Gasteiger partial charge in [-0.25, -0.2) is 0 Å². The van der Waals surface area contributed by atoms with Crippen molar-refractivity contribution >= 4 is 21.7 Å². The van der Waals surface area contributed by atoms with Crippen molar-refractivity contribution in [1.82, 2.24) is 0 Å². The molecule has 0 spiro atoms. The summed E-state index contributed by atoms with van der Waals surface area (Å²) in [5.74, 6) is 0.705. The molecule has 1 aliphatic heterocycles. The number of hydrogen-bond acceptors (Lipinski definition) is 5. The molecule has 0 bridgehead atoms. The van der Waals surface area contributed by atoms with Gasteiger partial charge in [0.15, 0.2) is 5.84 Å². The van der Waals surface area contributed by atoms with Gasteiger partial charge >= 0.3 is 10.2 Å². The summed E-state index contributed by atoms with van der Waals surface area (Å²) in [7, 11) is -3.78. The highest BCUT2D eigenvalue weighted by atomic mass is 32.2. The second kappa shape index (κ2) is 6.97. The maximum Gasteiger partial charge on any atom is 0.344 e. The minimum absolute atomic E-state index is 0.0776. The van der Waals surface area contributed by atoms with Crippen LogP contribution in [0, 0.1) is 5.92 Å². The highest BCUT2D eigenvalue weighted by molar-refractivity contribution is 7.91. The van der Waals surface area contributed by atoms with Gasteiger partial charge in [-0.1, -0.05) is 19.4 Å². The first-order chi connectivity index (χ1) is 10.5. The van der Waals surface area contributed by atoms with E-state index in [0.29, 0.717) is 23.6 Å². The Kier molecular flexibility index (Phi) is 5.25. The fraction of sp³-hybridized carbons (Fsp3) is 0.500. The van der Waals surface area contributed by atoms with Gasteiger partial charge in [0.2, 0.25) is 0 Å². The molecule has 22 heavy (non-hydrogen) atoms. The predicted molar refractivity (Wildman–Crippen MR) is 85.3 cm³/mol. The normalized spacial score (nSPS) is 17.1. The molecule has 0 saturated carbocycles. The Morgan fingerprint density at radius 2 is 2.23 bits per heavy atom. The molecule has 1 heterocycles. The molecule has 0 aliphatic carbocycles. The molecule has 122 valence electrons. The number of rotatable bonds is 7. The summed E-state index contributed by atoms with van der Waals surface area (Å²) in [6.45, 7) is 2.68.